The highest BCUT2D eigenvalue weighted by Gasteiger charge is 2.33. The second-order valence-electron chi connectivity index (χ2n) is 5.39. The average Bonchev–Trinajstić information content (AvgIpc) is 2.40. The van der Waals surface area contributed by atoms with Gasteiger partial charge in [-0.3, -0.25) is 4.79 Å². The Hall–Kier alpha value is -0.650. The summed E-state index contributed by atoms with van der Waals surface area (Å²) in [5.74, 6) is 0.521. The second-order valence-corrected chi connectivity index (χ2v) is 5.39. The SMILES string of the molecule is CNCC1CN(C)CCN1C(=O)C1CCOCC1. The molecule has 104 valence electrons. The van der Waals surface area contributed by atoms with Crippen LogP contribution in [0.25, 0.3) is 0 Å². The van der Waals surface area contributed by atoms with Crippen LogP contribution in [-0.2, 0) is 9.53 Å². The molecule has 2 aliphatic rings. The lowest BCUT2D eigenvalue weighted by Gasteiger charge is -2.42. The first-order chi connectivity index (χ1) is 8.72. The molecule has 2 fully saturated rings. The van der Waals surface area contributed by atoms with Crippen LogP contribution in [-0.4, -0.2) is 75.2 Å². The van der Waals surface area contributed by atoms with Crippen molar-refractivity contribution in [2.24, 2.45) is 5.92 Å². The van der Waals surface area contributed by atoms with Crippen LogP contribution in [0.4, 0.5) is 0 Å². The summed E-state index contributed by atoms with van der Waals surface area (Å²) >= 11 is 0. The van der Waals surface area contributed by atoms with Gasteiger partial charge in [0.2, 0.25) is 5.91 Å². The maximum absolute atomic E-state index is 12.6. The molecule has 5 nitrogen and oxygen atoms in total. The van der Waals surface area contributed by atoms with Crippen LogP contribution >= 0.6 is 0 Å². The van der Waals surface area contributed by atoms with Crippen LogP contribution < -0.4 is 5.32 Å². The van der Waals surface area contributed by atoms with Crippen molar-refractivity contribution >= 4 is 5.91 Å². The fourth-order valence-electron chi connectivity index (χ4n) is 2.89. The van der Waals surface area contributed by atoms with Gasteiger partial charge in [0, 0.05) is 45.3 Å². The molecular weight excluding hydrogens is 230 g/mol. The molecule has 0 saturated carbocycles. The van der Waals surface area contributed by atoms with Crippen LogP contribution in [0.3, 0.4) is 0 Å². The zero-order chi connectivity index (χ0) is 13.0. The van der Waals surface area contributed by atoms with Crippen molar-refractivity contribution in [3.63, 3.8) is 0 Å². The summed E-state index contributed by atoms with van der Waals surface area (Å²) < 4.78 is 5.34. The number of carbonyl (C=O) groups excluding carboxylic acids is 1. The zero-order valence-corrected chi connectivity index (χ0v) is 11.5. The van der Waals surface area contributed by atoms with E-state index in [9.17, 15) is 4.79 Å². The Balaban J connectivity index is 1.97. The van der Waals surface area contributed by atoms with E-state index in [2.05, 4.69) is 22.2 Å². The summed E-state index contributed by atoms with van der Waals surface area (Å²) in [5, 5.41) is 3.20. The Morgan fingerprint density at radius 3 is 2.72 bits per heavy atom. The summed E-state index contributed by atoms with van der Waals surface area (Å²) in [4.78, 5) is 17.0. The zero-order valence-electron chi connectivity index (χ0n) is 11.5. The minimum Gasteiger partial charge on any atom is -0.381 e. The molecule has 0 bridgehead atoms. The standard InChI is InChI=1S/C13H25N3O2/c1-14-9-12-10-15(2)5-6-16(12)13(17)11-3-7-18-8-4-11/h11-12,14H,3-10H2,1-2H3. The van der Waals surface area contributed by atoms with Gasteiger partial charge in [-0.05, 0) is 26.9 Å². The molecule has 0 radical (unpaired) electrons. The summed E-state index contributed by atoms with van der Waals surface area (Å²) in [6, 6.07) is 0.309. The van der Waals surface area contributed by atoms with E-state index < -0.39 is 0 Å². The molecule has 0 aromatic heterocycles. The highest BCUT2D eigenvalue weighted by molar-refractivity contribution is 5.79. The van der Waals surface area contributed by atoms with Gasteiger partial charge in [-0.1, -0.05) is 0 Å². The molecule has 1 amide bonds. The van der Waals surface area contributed by atoms with Crippen molar-refractivity contribution < 1.29 is 9.53 Å². The van der Waals surface area contributed by atoms with Gasteiger partial charge in [0.05, 0.1) is 6.04 Å². The van der Waals surface area contributed by atoms with Crippen molar-refractivity contribution in [1.82, 2.24) is 15.1 Å². The van der Waals surface area contributed by atoms with Crippen LogP contribution in [0.1, 0.15) is 12.8 Å². The van der Waals surface area contributed by atoms with Gasteiger partial charge in [-0.2, -0.15) is 0 Å². The topological polar surface area (TPSA) is 44.8 Å². The van der Waals surface area contributed by atoms with Gasteiger partial charge < -0.3 is 19.9 Å². The Morgan fingerprint density at radius 2 is 2.06 bits per heavy atom. The Bertz CT molecular complexity index is 279. The molecule has 1 unspecified atom stereocenters. The van der Waals surface area contributed by atoms with Crippen molar-refractivity contribution in [3.8, 4) is 0 Å². The highest BCUT2D eigenvalue weighted by atomic mass is 16.5. The van der Waals surface area contributed by atoms with Crippen molar-refractivity contribution in [1.29, 1.82) is 0 Å². The van der Waals surface area contributed by atoms with Crippen LogP contribution in [0, 0.1) is 5.92 Å². The van der Waals surface area contributed by atoms with Crippen molar-refractivity contribution in [2.75, 3.05) is 53.5 Å². The quantitative estimate of drug-likeness (QED) is 0.757. The molecule has 0 aromatic rings. The van der Waals surface area contributed by atoms with E-state index >= 15 is 0 Å². The van der Waals surface area contributed by atoms with E-state index in [0.29, 0.717) is 11.9 Å². The fraction of sp³-hybridized carbons (Fsp3) is 0.923. The fourth-order valence-corrected chi connectivity index (χ4v) is 2.89. The molecule has 2 saturated heterocycles. The van der Waals surface area contributed by atoms with Gasteiger partial charge in [-0.15, -0.1) is 0 Å². The lowest BCUT2D eigenvalue weighted by atomic mass is 9.97. The minimum absolute atomic E-state index is 0.182. The van der Waals surface area contributed by atoms with E-state index in [1.165, 1.54) is 0 Å². The van der Waals surface area contributed by atoms with E-state index in [1.54, 1.807) is 0 Å². The molecule has 2 rings (SSSR count). The summed E-state index contributed by atoms with van der Waals surface area (Å²) in [7, 11) is 4.07. The molecule has 18 heavy (non-hydrogen) atoms. The van der Waals surface area contributed by atoms with E-state index in [-0.39, 0.29) is 5.92 Å². The molecule has 1 atom stereocenters. The molecular formula is C13H25N3O2. The number of nitrogens with zero attached hydrogens (tertiary/aromatic N) is 2. The molecule has 2 heterocycles. The van der Waals surface area contributed by atoms with Gasteiger partial charge >= 0.3 is 0 Å². The van der Waals surface area contributed by atoms with E-state index in [0.717, 1.165) is 52.2 Å². The van der Waals surface area contributed by atoms with Gasteiger partial charge in [0.25, 0.3) is 0 Å². The van der Waals surface area contributed by atoms with Crippen LogP contribution in [0.2, 0.25) is 0 Å². The van der Waals surface area contributed by atoms with E-state index in [4.69, 9.17) is 4.74 Å². The summed E-state index contributed by atoms with van der Waals surface area (Å²) in [5.41, 5.74) is 0. The Labute approximate surface area is 109 Å². The Kier molecular flexibility index (Phi) is 4.97. The maximum atomic E-state index is 12.6. The minimum atomic E-state index is 0.182. The maximum Gasteiger partial charge on any atom is 0.226 e. The largest absolute Gasteiger partial charge is 0.381 e. The summed E-state index contributed by atoms with van der Waals surface area (Å²) in [6.07, 6.45) is 1.77. The number of nitrogens with one attached hydrogen (secondary N) is 1. The predicted molar refractivity (Wildman–Crippen MR) is 70.5 cm³/mol. The first-order valence-electron chi connectivity index (χ1n) is 6.93. The first-order valence-corrected chi connectivity index (χ1v) is 6.93. The lowest BCUT2D eigenvalue weighted by molar-refractivity contribution is -0.143. The number of likely N-dealkylation sites (N-methyl/N-ethyl adjacent to an activating group) is 2. The molecule has 5 heteroatoms. The third-order valence-corrected chi connectivity index (χ3v) is 3.98. The third-order valence-electron chi connectivity index (χ3n) is 3.98. The normalized spacial score (nSPS) is 27.4. The molecule has 0 aliphatic carbocycles. The van der Waals surface area contributed by atoms with Crippen LogP contribution in [0.15, 0.2) is 0 Å². The van der Waals surface area contributed by atoms with Crippen molar-refractivity contribution in [3.05, 3.63) is 0 Å². The average molecular weight is 255 g/mol. The smallest absolute Gasteiger partial charge is 0.226 e. The number of piperazine rings is 1. The highest BCUT2D eigenvalue weighted by Crippen LogP contribution is 2.20. The number of hydrogen-bond acceptors (Lipinski definition) is 4. The van der Waals surface area contributed by atoms with E-state index in [1.807, 2.05) is 7.05 Å². The van der Waals surface area contributed by atoms with Gasteiger partial charge in [0.15, 0.2) is 0 Å². The van der Waals surface area contributed by atoms with Crippen LogP contribution in [0.5, 0.6) is 0 Å². The number of hydrogen-bond donors (Lipinski definition) is 1. The predicted octanol–water partition coefficient (Wildman–Crippen LogP) is -0.225. The number of amides is 1. The molecule has 0 spiro atoms. The monoisotopic (exact) mass is 255 g/mol. The van der Waals surface area contributed by atoms with Gasteiger partial charge in [0.1, 0.15) is 0 Å². The molecule has 1 N–H and O–H groups in total. The number of ether oxygens (including phenoxy) is 1. The van der Waals surface area contributed by atoms with Crippen molar-refractivity contribution in [2.45, 2.75) is 18.9 Å². The molecule has 0 aromatic carbocycles. The first kappa shape index (κ1) is 13.8. The second kappa shape index (κ2) is 6.50. The third kappa shape index (κ3) is 3.22. The number of carbonyl (C=O) groups is 1. The number of rotatable bonds is 3. The summed E-state index contributed by atoms with van der Waals surface area (Å²) in [6.45, 7) is 5.16. The Morgan fingerprint density at radius 1 is 1.33 bits per heavy atom. The lowest BCUT2D eigenvalue weighted by Crippen LogP contribution is -2.58. The van der Waals surface area contributed by atoms with Gasteiger partial charge in [-0.25, -0.2) is 0 Å². The molecule has 2 aliphatic heterocycles.